The molecule has 0 saturated carbocycles. The van der Waals surface area contributed by atoms with Crippen molar-refractivity contribution in [2.75, 3.05) is 19.0 Å². The zero-order valence-electron chi connectivity index (χ0n) is 16.2. The standard InChI is InChI=1S/C22H20N4O3S/c1-23-21(28)18-11-16(9-10-24-18)29-15-7-8-17-20(12-15)30-22(25-17)26-19(13-27)14-5-3-2-4-6-14/h2-12,19,27H,13H2,1H3,(H,23,28)(H,25,26)/t19-/m0/s1. The van der Waals surface area contributed by atoms with E-state index >= 15 is 0 Å². The number of thiazole rings is 1. The lowest BCUT2D eigenvalue weighted by Crippen LogP contribution is -2.18. The highest BCUT2D eigenvalue weighted by atomic mass is 32.1. The molecule has 0 aliphatic heterocycles. The second-order valence-corrected chi connectivity index (χ2v) is 7.53. The largest absolute Gasteiger partial charge is 0.457 e. The summed E-state index contributed by atoms with van der Waals surface area (Å²) >= 11 is 1.48. The van der Waals surface area contributed by atoms with Gasteiger partial charge in [0.25, 0.3) is 5.91 Å². The molecule has 0 fully saturated rings. The normalized spacial score (nSPS) is 11.8. The molecule has 0 spiro atoms. The third-order valence-electron chi connectivity index (χ3n) is 4.47. The van der Waals surface area contributed by atoms with Crippen molar-refractivity contribution < 1.29 is 14.6 Å². The number of rotatable bonds is 7. The molecule has 3 N–H and O–H groups in total. The number of amides is 1. The predicted molar refractivity (Wildman–Crippen MR) is 117 cm³/mol. The van der Waals surface area contributed by atoms with Crippen molar-refractivity contribution in [2.45, 2.75) is 6.04 Å². The Morgan fingerprint density at radius 2 is 1.93 bits per heavy atom. The van der Waals surface area contributed by atoms with E-state index in [2.05, 4.69) is 20.6 Å². The van der Waals surface area contributed by atoms with Gasteiger partial charge in [-0.15, -0.1) is 0 Å². The van der Waals surface area contributed by atoms with Gasteiger partial charge in [0.15, 0.2) is 5.13 Å². The van der Waals surface area contributed by atoms with Gasteiger partial charge in [0.1, 0.15) is 17.2 Å². The number of carbonyl (C=O) groups is 1. The maximum absolute atomic E-state index is 11.8. The van der Waals surface area contributed by atoms with Crippen LogP contribution in [0.4, 0.5) is 5.13 Å². The van der Waals surface area contributed by atoms with Gasteiger partial charge >= 0.3 is 0 Å². The SMILES string of the molecule is CNC(=O)c1cc(Oc2ccc3nc(N[C@@H](CO)c4ccccc4)sc3c2)ccn1. The fourth-order valence-electron chi connectivity index (χ4n) is 2.96. The van der Waals surface area contributed by atoms with E-state index in [-0.39, 0.29) is 24.2 Å². The first kappa shape index (κ1) is 19.8. The van der Waals surface area contributed by atoms with Crippen molar-refractivity contribution in [3.05, 3.63) is 78.1 Å². The molecule has 2 heterocycles. The van der Waals surface area contributed by atoms with Gasteiger partial charge in [-0.05, 0) is 23.8 Å². The Kier molecular flexibility index (Phi) is 5.87. The van der Waals surface area contributed by atoms with E-state index in [1.807, 2.05) is 48.5 Å². The Labute approximate surface area is 177 Å². The van der Waals surface area contributed by atoms with Gasteiger partial charge < -0.3 is 20.5 Å². The molecular weight excluding hydrogens is 400 g/mol. The van der Waals surface area contributed by atoms with Gasteiger partial charge in [0.05, 0.1) is 22.9 Å². The maximum Gasteiger partial charge on any atom is 0.269 e. The van der Waals surface area contributed by atoms with Crippen molar-refractivity contribution in [1.29, 1.82) is 0 Å². The minimum atomic E-state index is -0.272. The summed E-state index contributed by atoms with van der Waals surface area (Å²) in [6, 6.07) is 18.4. The Bertz CT molecular complexity index is 1160. The van der Waals surface area contributed by atoms with Crippen LogP contribution in [0.25, 0.3) is 10.2 Å². The molecule has 0 radical (unpaired) electrons. The van der Waals surface area contributed by atoms with Crippen LogP contribution in [-0.4, -0.2) is 34.6 Å². The number of nitrogens with one attached hydrogen (secondary N) is 2. The fourth-order valence-corrected chi connectivity index (χ4v) is 3.91. The summed E-state index contributed by atoms with van der Waals surface area (Å²) < 4.78 is 6.85. The molecule has 1 atom stereocenters. The lowest BCUT2D eigenvalue weighted by atomic mass is 10.1. The van der Waals surface area contributed by atoms with Gasteiger partial charge in [-0.25, -0.2) is 4.98 Å². The Hall–Kier alpha value is -3.49. The summed E-state index contributed by atoms with van der Waals surface area (Å²) in [5.74, 6) is 0.884. The molecule has 2 aromatic heterocycles. The van der Waals surface area contributed by atoms with Crippen LogP contribution in [0.3, 0.4) is 0 Å². The molecular formula is C22H20N4O3S. The number of carbonyl (C=O) groups excluding carboxylic acids is 1. The molecule has 0 unspecified atom stereocenters. The summed E-state index contributed by atoms with van der Waals surface area (Å²) in [6.45, 7) is -0.0377. The molecule has 0 bridgehead atoms. The number of benzene rings is 2. The van der Waals surface area contributed by atoms with Gasteiger partial charge in [0.2, 0.25) is 0 Å². The molecule has 8 heteroatoms. The van der Waals surface area contributed by atoms with E-state index in [4.69, 9.17) is 4.74 Å². The molecule has 2 aromatic carbocycles. The number of fused-ring (bicyclic) bond motifs is 1. The zero-order chi connectivity index (χ0) is 20.9. The van der Waals surface area contributed by atoms with Crippen LogP contribution < -0.4 is 15.4 Å². The topological polar surface area (TPSA) is 96.4 Å². The first-order valence-electron chi connectivity index (χ1n) is 9.35. The second kappa shape index (κ2) is 8.89. The number of ether oxygens (including phenoxy) is 1. The van der Waals surface area contributed by atoms with Gasteiger partial charge in [-0.1, -0.05) is 41.7 Å². The summed E-state index contributed by atoms with van der Waals surface area (Å²) in [5.41, 5.74) is 2.12. The smallest absolute Gasteiger partial charge is 0.269 e. The highest BCUT2D eigenvalue weighted by Gasteiger charge is 2.13. The quantitative estimate of drug-likeness (QED) is 0.418. The van der Waals surface area contributed by atoms with Crippen LogP contribution in [-0.2, 0) is 0 Å². The summed E-state index contributed by atoms with van der Waals surface area (Å²) in [6.07, 6.45) is 1.53. The minimum absolute atomic E-state index is 0.0377. The molecule has 152 valence electrons. The van der Waals surface area contributed by atoms with E-state index in [0.717, 1.165) is 20.9 Å². The molecule has 7 nitrogen and oxygen atoms in total. The average molecular weight is 420 g/mol. The van der Waals surface area contributed by atoms with Crippen LogP contribution in [0.1, 0.15) is 22.1 Å². The highest BCUT2D eigenvalue weighted by Crippen LogP contribution is 2.32. The van der Waals surface area contributed by atoms with E-state index in [1.54, 1.807) is 19.2 Å². The molecule has 0 aliphatic carbocycles. The minimum Gasteiger partial charge on any atom is -0.457 e. The molecule has 4 aromatic rings. The zero-order valence-corrected chi connectivity index (χ0v) is 17.0. The number of aliphatic hydroxyl groups excluding tert-OH is 1. The Morgan fingerprint density at radius 1 is 1.13 bits per heavy atom. The molecule has 0 aliphatic rings. The Balaban J connectivity index is 1.53. The van der Waals surface area contributed by atoms with Crippen molar-refractivity contribution in [1.82, 2.24) is 15.3 Å². The van der Waals surface area contributed by atoms with Crippen LogP contribution in [0.2, 0.25) is 0 Å². The van der Waals surface area contributed by atoms with E-state index in [1.165, 1.54) is 17.5 Å². The number of anilines is 1. The van der Waals surface area contributed by atoms with Crippen LogP contribution in [0.5, 0.6) is 11.5 Å². The molecule has 0 saturated heterocycles. The molecule has 1 amide bonds. The van der Waals surface area contributed by atoms with Gasteiger partial charge in [-0.2, -0.15) is 0 Å². The third-order valence-corrected chi connectivity index (χ3v) is 5.42. The van der Waals surface area contributed by atoms with Crippen molar-refractivity contribution in [2.24, 2.45) is 0 Å². The lowest BCUT2D eigenvalue weighted by Gasteiger charge is -2.15. The molecule has 4 rings (SSSR count). The number of aliphatic hydroxyl groups is 1. The number of hydrogen-bond donors (Lipinski definition) is 3. The average Bonchev–Trinajstić information content (AvgIpc) is 3.19. The van der Waals surface area contributed by atoms with Crippen LogP contribution >= 0.6 is 11.3 Å². The lowest BCUT2D eigenvalue weighted by molar-refractivity contribution is 0.0958. The number of pyridine rings is 1. The van der Waals surface area contributed by atoms with Crippen LogP contribution in [0.15, 0.2) is 66.9 Å². The maximum atomic E-state index is 11.8. The summed E-state index contributed by atoms with van der Waals surface area (Å²) in [7, 11) is 1.56. The van der Waals surface area contributed by atoms with Crippen LogP contribution in [0, 0.1) is 0 Å². The van der Waals surface area contributed by atoms with Crippen molar-refractivity contribution in [3.8, 4) is 11.5 Å². The second-order valence-electron chi connectivity index (χ2n) is 6.50. The van der Waals surface area contributed by atoms with E-state index < -0.39 is 0 Å². The first-order chi connectivity index (χ1) is 14.7. The number of nitrogens with zero attached hydrogens (tertiary/aromatic N) is 2. The predicted octanol–water partition coefficient (Wildman–Crippen LogP) is 3.99. The van der Waals surface area contributed by atoms with E-state index in [9.17, 15) is 9.90 Å². The Morgan fingerprint density at radius 3 is 2.70 bits per heavy atom. The molecule has 30 heavy (non-hydrogen) atoms. The fraction of sp³-hybridized carbons (Fsp3) is 0.136. The van der Waals surface area contributed by atoms with Gasteiger partial charge in [0, 0.05) is 25.4 Å². The van der Waals surface area contributed by atoms with Crippen molar-refractivity contribution >= 4 is 32.6 Å². The monoisotopic (exact) mass is 420 g/mol. The number of hydrogen-bond acceptors (Lipinski definition) is 7. The van der Waals surface area contributed by atoms with E-state index in [0.29, 0.717) is 11.5 Å². The first-order valence-corrected chi connectivity index (χ1v) is 10.2. The summed E-state index contributed by atoms with van der Waals surface area (Å²) in [4.78, 5) is 20.4. The summed E-state index contributed by atoms with van der Waals surface area (Å²) in [5, 5.41) is 16.3. The van der Waals surface area contributed by atoms with Gasteiger partial charge in [-0.3, -0.25) is 9.78 Å². The number of aromatic nitrogens is 2. The highest BCUT2D eigenvalue weighted by molar-refractivity contribution is 7.22. The van der Waals surface area contributed by atoms with Crippen molar-refractivity contribution in [3.63, 3.8) is 0 Å². The third kappa shape index (κ3) is 4.40.